The highest BCUT2D eigenvalue weighted by Gasteiger charge is 2.38. The normalized spacial score (nSPS) is 36.8. The van der Waals surface area contributed by atoms with Crippen molar-refractivity contribution in [3.05, 3.63) is 0 Å². The van der Waals surface area contributed by atoms with E-state index in [-0.39, 0.29) is 5.97 Å². The fourth-order valence-corrected chi connectivity index (χ4v) is 6.71. The molecule has 0 aliphatic heterocycles. The Balaban J connectivity index is 1.36. The van der Waals surface area contributed by atoms with Gasteiger partial charge in [-0.2, -0.15) is 0 Å². The van der Waals surface area contributed by atoms with E-state index in [9.17, 15) is 4.79 Å². The van der Waals surface area contributed by atoms with Crippen molar-refractivity contribution in [2.24, 2.45) is 35.5 Å². The van der Waals surface area contributed by atoms with Crippen LogP contribution in [0.15, 0.2) is 0 Å². The molecule has 0 saturated heterocycles. The van der Waals surface area contributed by atoms with Crippen molar-refractivity contribution >= 4 is 5.97 Å². The summed E-state index contributed by atoms with van der Waals surface area (Å²) in [7, 11) is 0. The number of carbonyl (C=O) groups is 1. The Labute approximate surface area is 168 Å². The lowest BCUT2D eigenvalue weighted by Crippen LogP contribution is -2.34. The first-order chi connectivity index (χ1) is 13.2. The molecule has 0 bridgehead atoms. The van der Waals surface area contributed by atoms with Crippen molar-refractivity contribution in [3.63, 3.8) is 0 Å². The minimum Gasteiger partial charge on any atom is -0.466 e. The molecular formula is C25H44O2. The third-order valence-electron chi connectivity index (χ3n) is 8.35. The number of unbranched alkanes of at least 4 members (excludes halogenated alkanes) is 1. The Kier molecular flexibility index (Phi) is 8.52. The third kappa shape index (κ3) is 6.23. The van der Waals surface area contributed by atoms with Crippen LogP contribution in [-0.2, 0) is 9.53 Å². The minimum atomic E-state index is 0.00693. The molecule has 27 heavy (non-hydrogen) atoms. The molecule has 3 fully saturated rings. The van der Waals surface area contributed by atoms with E-state index in [2.05, 4.69) is 6.92 Å². The first-order valence-electron chi connectivity index (χ1n) is 12.3. The Hall–Kier alpha value is -0.530. The van der Waals surface area contributed by atoms with Crippen molar-refractivity contribution in [3.8, 4) is 0 Å². The molecule has 4 atom stereocenters. The van der Waals surface area contributed by atoms with E-state index in [0.29, 0.717) is 13.0 Å². The second-order valence-corrected chi connectivity index (χ2v) is 10.0. The van der Waals surface area contributed by atoms with Gasteiger partial charge in [-0.05, 0) is 93.8 Å². The van der Waals surface area contributed by atoms with Crippen LogP contribution in [-0.4, -0.2) is 12.6 Å². The highest BCUT2D eigenvalue weighted by atomic mass is 16.5. The Bertz CT molecular complexity index is 438. The molecule has 0 aromatic heterocycles. The van der Waals surface area contributed by atoms with Crippen LogP contribution in [0.1, 0.15) is 110 Å². The average molecular weight is 377 g/mol. The van der Waals surface area contributed by atoms with E-state index in [1.54, 1.807) is 12.8 Å². The molecule has 0 N–H and O–H groups in total. The summed E-state index contributed by atoms with van der Waals surface area (Å²) < 4.78 is 5.09. The summed E-state index contributed by atoms with van der Waals surface area (Å²) in [5.41, 5.74) is 0. The van der Waals surface area contributed by atoms with Crippen LogP contribution < -0.4 is 0 Å². The number of rotatable bonds is 8. The summed E-state index contributed by atoms with van der Waals surface area (Å²) in [6.45, 7) is 4.76. The van der Waals surface area contributed by atoms with E-state index in [1.807, 2.05) is 6.92 Å². The summed E-state index contributed by atoms with van der Waals surface area (Å²) in [4.78, 5) is 11.6. The maximum atomic E-state index is 11.6. The number of hydrogen-bond acceptors (Lipinski definition) is 2. The molecule has 3 aliphatic rings. The highest BCUT2D eigenvalue weighted by Crippen LogP contribution is 2.49. The van der Waals surface area contributed by atoms with Crippen molar-refractivity contribution in [2.45, 2.75) is 110 Å². The van der Waals surface area contributed by atoms with E-state index in [1.165, 1.54) is 70.6 Å². The molecule has 3 aliphatic carbocycles. The Morgan fingerprint density at radius 2 is 1.33 bits per heavy atom. The van der Waals surface area contributed by atoms with Gasteiger partial charge >= 0.3 is 5.97 Å². The molecule has 0 spiro atoms. The summed E-state index contributed by atoms with van der Waals surface area (Å²) in [5.74, 6) is 5.97. The SMILES string of the molecule is CCCCC1CCC2CC(C3CCC(CCC(=O)OCC)CC3)CCC2C1. The standard InChI is InChI=1S/C25H44O2/c1-3-5-6-20-9-13-24-18-23(15-14-22(24)17-20)21-11-7-19(8-12-21)10-16-25(26)27-4-2/h19-24H,3-18H2,1-2H3. The third-order valence-corrected chi connectivity index (χ3v) is 8.35. The van der Waals surface area contributed by atoms with Crippen LogP contribution >= 0.6 is 0 Å². The maximum Gasteiger partial charge on any atom is 0.305 e. The number of hydrogen-bond donors (Lipinski definition) is 0. The number of ether oxygens (including phenoxy) is 1. The van der Waals surface area contributed by atoms with Crippen LogP contribution in [0.4, 0.5) is 0 Å². The lowest BCUT2D eigenvalue weighted by atomic mass is 9.60. The summed E-state index contributed by atoms with van der Waals surface area (Å²) in [5, 5.41) is 0. The first-order valence-corrected chi connectivity index (χ1v) is 12.3. The Morgan fingerprint density at radius 3 is 2.04 bits per heavy atom. The largest absolute Gasteiger partial charge is 0.466 e. The van der Waals surface area contributed by atoms with Gasteiger partial charge in [-0.25, -0.2) is 0 Å². The average Bonchev–Trinajstić information content (AvgIpc) is 2.71. The van der Waals surface area contributed by atoms with Gasteiger partial charge in [0.25, 0.3) is 0 Å². The monoisotopic (exact) mass is 376 g/mol. The lowest BCUT2D eigenvalue weighted by Gasteiger charge is -2.45. The molecule has 0 aromatic rings. The number of esters is 1. The molecular weight excluding hydrogens is 332 g/mol. The maximum absolute atomic E-state index is 11.6. The van der Waals surface area contributed by atoms with Gasteiger partial charge in [-0.3, -0.25) is 4.79 Å². The van der Waals surface area contributed by atoms with Crippen molar-refractivity contribution < 1.29 is 9.53 Å². The van der Waals surface area contributed by atoms with Gasteiger partial charge in [0.05, 0.1) is 6.61 Å². The van der Waals surface area contributed by atoms with Gasteiger partial charge in [0.2, 0.25) is 0 Å². The zero-order valence-corrected chi connectivity index (χ0v) is 18.1. The Morgan fingerprint density at radius 1 is 0.741 bits per heavy atom. The molecule has 2 nitrogen and oxygen atoms in total. The van der Waals surface area contributed by atoms with E-state index < -0.39 is 0 Å². The fourth-order valence-electron chi connectivity index (χ4n) is 6.71. The van der Waals surface area contributed by atoms with Crippen LogP contribution in [0.3, 0.4) is 0 Å². The second-order valence-electron chi connectivity index (χ2n) is 10.0. The zero-order chi connectivity index (χ0) is 19.1. The quantitative estimate of drug-likeness (QED) is 0.420. The summed E-state index contributed by atoms with van der Waals surface area (Å²) in [6.07, 6.45) is 20.8. The van der Waals surface area contributed by atoms with Crippen LogP contribution in [0.25, 0.3) is 0 Å². The van der Waals surface area contributed by atoms with Gasteiger partial charge in [-0.1, -0.05) is 45.4 Å². The highest BCUT2D eigenvalue weighted by molar-refractivity contribution is 5.69. The molecule has 0 amide bonds. The van der Waals surface area contributed by atoms with Crippen molar-refractivity contribution in [1.29, 1.82) is 0 Å². The summed E-state index contributed by atoms with van der Waals surface area (Å²) >= 11 is 0. The summed E-state index contributed by atoms with van der Waals surface area (Å²) in [6, 6.07) is 0. The lowest BCUT2D eigenvalue weighted by molar-refractivity contribution is -0.143. The molecule has 0 aromatic carbocycles. The van der Waals surface area contributed by atoms with E-state index in [4.69, 9.17) is 4.74 Å². The van der Waals surface area contributed by atoms with Gasteiger partial charge in [0, 0.05) is 6.42 Å². The first kappa shape index (κ1) is 21.2. The zero-order valence-electron chi connectivity index (χ0n) is 18.1. The predicted molar refractivity (Wildman–Crippen MR) is 113 cm³/mol. The van der Waals surface area contributed by atoms with Crippen molar-refractivity contribution in [2.75, 3.05) is 6.61 Å². The number of fused-ring (bicyclic) bond motifs is 1. The van der Waals surface area contributed by atoms with Gasteiger partial charge in [-0.15, -0.1) is 0 Å². The molecule has 4 unspecified atom stereocenters. The molecule has 3 saturated carbocycles. The van der Waals surface area contributed by atoms with E-state index >= 15 is 0 Å². The minimum absolute atomic E-state index is 0.00693. The van der Waals surface area contributed by atoms with Gasteiger partial charge in [0.15, 0.2) is 0 Å². The van der Waals surface area contributed by atoms with Gasteiger partial charge < -0.3 is 4.74 Å². The smallest absolute Gasteiger partial charge is 0.305 e. The molecule has 0 radical (unpaired) electrons. The fraction of sp³-hybridized carbons (Fsp3) is 0.960. The molecule has 2 heteroatoms. The molecule has 3 rings (SSSR count). The van der Waals surface area contributed by atoms with Crippen molar-refractivity contribution in [1.82, 2.24) is 0 Å². The van der Waals surface area contributed by atoms with Crippen LogP contribution in [0.5, 0.6) is 0 Å². The molecule has 156 valence electrons. The van der Waals surface area contributed by atoms with Gasteiger partial charge in [0.1, 0.15) is 0 Å². The van der Waals surface area contributed by atoms with E-state index in [0.717, 1.165) is 41.9 Å². The van der Waals surface area contributed by atoms with Crippen LogP contribution in [0.2, 0.25) is 0 Å². The topological polar surface area (TPSA) is 26.3 Å². The van der Waals surface area contributed by atoms with Crippen LogP contribution in [0, 0.1) is 35.5 Å². The number of carbonyl (C=O) groups excluding carboxylic acids is 1. The predicted octanol–water partition coefficient (Wildman–Crippen LogP) is 7.16. The second kappa shape index (κ2) is 10.9. The molecule has 0 heterocycles.